The van der Waals surface area contributed by atoms with Crippen LogP contribution in [0.5, 0.6) is 0 Å². The van der Waals surface area contributed by atoms with E-state index in [2.05, 4.69) is 38.8 Å². The summed E-state index contributed by atoms with van der Waals surface area (Å²) in [6.07, 6.45) is 4.48. The van der Waals surface area contributed by atoms with Gasteiger partial charge in [-0.2, -0.15) is 4.98 Å². The van der Waals surface area contributed by atoms with E-state index in [1.165, 1.54) is 12.1 Å². The van der Waals surface area contributed by atoms with Crippen LogP contribution >= 0.6 is 0 Å². The van der Waals surface area contributed by atoms with Gasteiger partial charge in [0.05, 0.1) is 16.7 Å². The lowest BCUT2D eigenvalue weighted by Gasteiger charge is -2.45. The molecular weight excluding hydrogens is 431 g/mol. The van der Waals surface area contributed by atoms with Gasteiger partial charge in [-0.05, 0) is 49.7 Å². The Morgan fingerprint density at radius 2 is 2.00 bits per heavy atom. The third kappa shape index (κ3) is 3.52. The van der Waals surface area contributed by atoms with E-state index in [9.17, 15) is 4.39 Å². The Balaban J connectivity index is 1.31. The molecular formula is C25H25FN8. The van der Waals surface area contributed by atoms with E-state index >= 15 is 0 Å². The summed E-state index contributed by atoms with van der Waals surface area (Å²) in [5.41, 5.74) is 3.62. The molecule has 0 radical (unpaired) electrons. The molecule has 5 heterocycles. The highest BCUT2D eigenvalue weighted by atomic mass is 19.1. The highest BCUT2D eigenvalue weighted by Gasteiger charge is 2.33. The number of anilines is 1. The molecule has 1 aromatic carbocycles. The van der Waals surface area contributed by atoms with Crippen LogP contribution in [0.1, 0.15) is 26.0 Å². The van der Waals surface area contributed by atoms with Crippen LogP contribution < -0.4 is 4.90 Å². The molecule has 34 heavy (non-hydrogen) atoms. The molecule has 0 N–H and O–H groups in total. The maximum atomic E-state index is 13.5. The Morgan fingerprint density at radius 1 is 1.09 bits per heavy atom. The van der Waals surface area contributed by atoms with E-state index in [1.54, 1.807) is 18.6 Å². The number of fused-ring (bicyclic) bond motifs is 4. The van der Waals surface area contributed by atoms with Crippen LogP contribution in [0.2, 0.25) is 0 Å². The number of pyridine rings is 2. The van der Waals surface area contributed by atoms with Crippen molar-refractivity contribution in [2.24, 2.45) is 0 Å². The zero-order valence-electron chi connectivity index (χ0n) is 19.1. The van der Waals surface area contributed by atoms with E-state index in [0.717, 1.165) is 59.5 Å². The van der Waals surface area contributed by atoms with Crippen LogP contribution in [0.15, 0.2) is 55.0 Å². The summed E-state index contributed by atoms with van der Waals surface area (Å²) in [5, 5.41) is 9.06. The van der Waals surface area contributed by atoms with Gasteiger partial charge in [-0.25, -0.2) is 4.39 Å². The lowest BCUT2D eigenvalue weighted by Crippen LogP contribution is -2.57. The highest BCUT2D eigenvalue weighted by Crippen LogP contribution is 2.30. The van der Waals surface area contributed by atoms with Crippen molar-refractivity contribution < 1.29 is 4.39 Å². The zero-order chi connectivity index (χ0) is 23.2. The summed E-state index contributed by atoms with van der Waals surface area (Å²) in [5.74, 6) is 1.19. The average Bonchev–Trinajstić information content (AvgIpc) is 3.33. The topological polar surface area (TPSA) is 75.3 Å². The maximum absolute atomic E-state index is 13.5. The fourth-order valence-corrected chi connectivity index (χ4v) is 5.01. The van der Waals surface area contributed by atoms with Gasteiger partial charge < -0.3 is 4.90 Å². The van der Waals surface area contributed by atoms with E-state index in [4.69, 9.17) is 9.97 Å². The second-order valence-electron chi connectivity index (χ2n) is 8.94. The first-order valence-corrected chi connectivity index (χ1v) is 11.6. The molecule has 8 nitrogen and oxygen atoms in total. The van der Waals surface area contributed by atoms with Crippen molar-refractivity contribution in [1.82, 2.24) is 34.4 Å². The minimum atomic E-state index is -0.238. The number of nitrogens with zero attached hydrogens (tertiary/aromatic N) is 8. The number of rotatable bonds is 4. The maximum Gasteiger partial charge on any atom is 0.257 e. The third-order valence-corrected chi connectivity index (χ3v) is 6.77. The fraction of sp³-hybridized carbons (Fsp3) is 0.320. The number of benzene rings is 1. The van der Waals surface area contributed by atoms with Crippen LogP contribution in [0.4, 0.5) is 10.2 Å². The Labute approximate surface area is 196 Å². The van der Waals surface area contributed by atoms with Gasteiger partial charge in [0.2, 0.25) is 0 Å². The number of halogens is 1. The van der Waals surface area contributed by atoms with Crippen LogP contribution in [-0.4, -0.2) is 59.6 Å². The summed E-state index contributed by atoms with van der Waals surface area (Å²) in [4.78, 5) is 19.1. The number of hydrogen-bond acceptors (Lipinski definition) is 7. The first kappa shape index (κ1) is 20.9. The van der Waals surface area contributed by atoms with Crippen molar-refractivity contribution in [3.8, 4) is 0 Å². The van der Waals surface area contributed by atoms with Gasteiger partial charge in [0.1, 0.15) is 17.7 Å². The summed E-state index contributed by atoms with van der Waals surface area (Å²) >= 11 is 0. The molecule has 0 spiro atoms. The first-order valence-electron chi connectivity index (χ1n) is 11.6. The summed E-state index contributed by atoms with van der Waals surface area (Å²) in [6, 6.07) is 13.2. The molecule has 5 aromatic rings. The lowest BCUT2D eigenvalue weighted by molar-refractivity contribution is 0.140. The molecule has 0 saturated carbocycles. The molecule has 2 atom stereocenters. The Morgan fingerprint density at radius 3 is 2.88 bits per heavy atom. The standard InChI is InChI=1S/C25H25FN8/c1-3-20-14-33(24-23-22(5-4-10-27-23)34-15-28-31-25(34)30-24)16(2)12-32(20)13-19-8-6-17-11-18(26)7-9-21(17)29-19/h4-11,15-16,20H,3,12-14H2,1-2H3/t16-,20+/m0/s1. The molecule has 0 aliphatic carbocycles. The summed E-state index contributed by atoms with van der Waals surface area (Å²) < 4.78 is 15.4. The summed E-state index contributed by atoms with van der Waals surface area (Å²) in [6.45, 7) is 6.89. The van der Waals surface area contributed by atoms with Crippen molar-refractivity contribution in [1.29, 1.82) is 0 Å². The third-order valence-electron chi connectivity index (χ3n) is 6.77. The predicted molar refractivity (Wildman–Crippen MR) is 129 cm³/mol. The monoisotopic (exact) mass is 456 g/mol. The van der Waals surface area contributed by atoms with Crippen LogP contribution in [-0.2, 0) is 6.54 Å². The molecule has 172 valence electrons. The van der Waals surface area contributed by atoms with Crippen LogP contribution in [0.3, 0.4) is 0 Å². The highest BCUT2D eigenvalue weighted by molar-refractivity contribution is 5.88. The number of hydrogen-bond donors (Lipinski definition) is 0. The minimum Gasteiger partial charge on any atom is -0.349 e. The van der Waals surface area contributed by atoms with Crippen LogP contribution in [0.25, 0.3) is 27.7 Å². The molecule has 6 rings (SSSR count). The van der Waals surface area contributed by atoms with Crippen molar-refractivity contribution in [2.75, 3.05) is 18.0 Å². The average molecular weight is 457 g/mol. The van der Waals surface area contributed by atoms with Gasteiger partial charge in [0.25, 0.3) is 5.78 Å². The predicted octanol–water partition coefficient (Wildman–Crippen LogP) is 3.85. The van der Waals surface area contributed by atoms with Gasteiger partial charge in [-0.3, -0.25) is 19.3 Å². The quantitative estimate of drug-likeness (QED) is 0.407. The van der Waals surface area contributed by atoms with Gasteiger partial charge in [0, 0.05) is 43.3 Å². The molecule has 4 aromatic heterocycles. The van der Waals surface area contributed by atoms with Gasteiger partial charge in [-0.15, -0.1) is 10.2 Å². The van der Waals surface area contributed by atoms with E-state index in [1.807, 2.05) is 28.7 Å². The Hall–Kier alpha value is -3.72. The zero-order valence-corrected chi connectivity index (χ0v) is 19.1. The van der Waals surface area contributed by atoms with Crippen LogP contribution in [0, 0.1) is 5.82 Å². The molecule has 1 aliphatic rings. The Bertz CT molecular complexity index is 1500. The molecule has 0 unspecified atom stereocenters. The molecule has 1 aliphatic heterocycles. The SMILES string of the molecule is CC[C@@H]1CN(c2nc3nncn3c3cccnc23)[C@@H](C)CN1Cc1ccc2cc(F)ccc2n1. The normalized spacial score (nSPS) is 19.4. The van der Waals surface area contributed by atoms with E-state index in [0.29, 0.717) is 11.8 Å². The smallest absolute Gasteiger partial charge is 0.257 e. The number of piperazine rings is 1. The van der Waals surface area contributed by atoms with Gasteiger partial charge in [-0.1, -0.05) is 13.0 Å². The second kappa shape index (κ2) is 8.25. The Kier molecular flexibility index (Phi) is 5.06. The minimum absolute atomic E-state index is 0.223. The number of aromatic nitrogens is 6. The largest absolute Gasteiger partial charge is 0.349 e. The first-order chi connectivity index (χ1) is 16.6. The second-order valence-corrected chi connectivity index (χ2v) is 8.94. The van der Waals surface area contributed by atoms with Crippen molar-refractivity contribution >= 4 is 33.5 Å². The van der Waals surface area contributed by atoms with E-state index < -0.39 is 0 Å². The van der Waals surface area contributed by atoms with Crippen molar-refractivity contribution in [3.63, 3.8) is 0 Å². The van der Waals surface area contributed by atoms with Crippen molar-refractivity contribution in [3.05, 3.63) is 66.5 Å². The fourth-order valence-electron chi connectivity index (χ4n) is 5.01. The van der Waals surface area contributed by atoms with E-state index in [-0.39, 0.29) is 11.9 Å². The molecule has 1 fully saturated rings. The van der Waals surface area contributed by atoms with Gasteiger partial charge >= 0.3 is 0 Å². The summed E-state index contributed by atoms with van der Waals surface area (Å²) in [7, 11) is 0. The van der Waals surface area contributed by atoms with Crippen molar-refractivity contribution in [2.45, 2.75) is 38.9 Å². The van der Waals surface area contributed by atoms with Gasteiger partial charge in [0.15, 0.2) is 5.82 Å². The molecule has 0 bridgehead atoms. The molecule has 0 amide bonds. The lowest BCUT2D eigenvalue weighted by atomic mass is 10.0. The molecule has 1 saturated heterocycles. The molecule has 9 heteroatoms.